The molecule has 0 N–H and O–H groups in total. The largest absolute Gasteiger partial charge is 0.378 e. The number of benzene rings is 2. The van der Waals surface area contributed by atoms with Crippen LogP contribution in [0.25, 0.3) is 0 Å². The van der Waals surface area contributed by atoms with Crippen LogP contribution < -0.4 is 4.90 Å². The van der Waals surface area contributed by atoms with E-state index in [1.54, 1.807) is 30.3 Å². The first kappa shape index (κ1) is 22.3. The Kier molecular flexibility index (Phi) is 7.15. The summed E-state index contributed by atoms with van der Waals surface area (Å²) >= 11 is 0. The second kappa shape index (κ2) is 9.62. The van der Waals surface area contributed by atoms with Crippen LogP contribution in [0.3, 0.4) is 0 Å². The topological polar surface area (TPSA) is 60.9 Å². The van der Waals surface area contributed by atoms with Gasteiger partial charge in [0.2, 0.25) is 15.9 Å². The summed E-state index contributed by atoms with van der Waals surface area (Å²) in [7, 11) is 0.510. The van der Waals surface area contributed by atoms with E-state index in [0.717, 1.165) is 11.3 Å². The summed E-state index contributed by atoms with van der Waals surface area (Å²) in [4.78, 5) is 17.3. The third kappa shape index (κ3) is 5.02. The maximum atomic E-state index is 13.1. The third-order valence-corrected chi connectivity index (χ3v) is 7.62. The molecule has 6 nitrogen and oxygen atoms in total. The van der Waals surface area contributed by atoms with E-state index in [1.807, 2.05) is 30.8 Å². The highest BCUT2D eigenvalue weighted by Gasteiger charge is 2.33. The number of anilines is 1. The highest BCUT2D eigenvalue weighted by molar-refractivity contribution is 7.89. The van der Waals surface area contributed by atoms with E-state index in [9.17, 15) is 13.2 Å². The molecular weight excluding hydrogens is 398 g/mol. The number of amides is 1. The molecule has 7 heteroatoms. The number of rotatable bonds is 7. The van der Waals surface area contributed by atoms with Crippen LogP contribution in [-0.2, 0) is 21.4 Å². The van der Waals surface area contributed by atoms with Gasteiger partial charge >= 0.3 is 0 Å². The van der Waals surface area contributed by atoms with Crippen molar-refractivity contribution in [1.82, 2.24) is 9.21 Å². The van der Waals surface area contributed by atoms with Gasteiger partial charge in [0, 0.05) is 51.9 Å². The Hall–Kier alpha value is -2.38. The fourth-order valence-electron chi connectivity index (χ4n) is 3.81. The molecule has 0 bridgehead atoms. The van der Waals surface area contributed by atoms with Crippen LogP contribution in [0.15, 0.2) is 59.5 Å². The van der Waals surface area contributed by atoms with Crippen molar-refractivity contribution in [2.24, 2.45) is 5.92 Å². The maximum absolute atomic E-state index is 13.1. The van der Waals surface area contributed by atoms with Crippen molar-refractivity contribution in [1.29, 1.82) is 0 Å². The minimum Gasteiger partial charge on any atom is -0.378 e. The lowest BCUT2D eigenvalue weighted by molar-refractivity contribution is -0.137. The fourth-order valence-corrected chi connectivity index (χ4v) is 5.30. The van der Waals surface area contributed by atoms with Crippen LogP contribution >= 0.6 is 0 Å². The molecule has 1 heterocycles. The average molecular weight is 430 g/mol. The van der Waals surface area contributed by atoms with Gasteiger partial charge in [-0.15, -0.1) is 0 Å². The van der Waals surface area contributed by atoms with E-state index < -0.39 is 10.0 Å². The van der Waals surface area contributed by atoms with E-state index in [2.05, 4.69) is 24.3 Å². The Balaban J connectivity index is 1.60. The average Bonchev–Trinajstić information content (AvgIpc) is 2.78. The van der Waals surface area contributed by atoms with E-state index in [1.165, 1.54) is 4.31 Å². The number of piperidine rings is 1. The molecule has 0 unspecified atom stereocenters. The summed E-state index contributed by atoms with van der Waals surface area (Å²) in [5.41, 5.74) is 2.22. The van der Waals surface area contributed by atoms with Gasteiger partial charge < -0.3 is 9.80 Å². The quantitative estimate of drug-likeness (QED) is 0.678. The molecule has 0 radical (unpaired) electrons. The number of nitrogens with zero attached hydrogens (tertiary/aromatic N) is 3. The van der Waals surface area contributed by atoms with Crippen molar-refractivity contribution in [2.75, 3.05) is 38.6 Å². The normalized spacial score (nSPS) is 15.7. The minimum absolute atomic E-state index is 0.117. The molecule has 1 saturated heterocycles. The van der Waals surface area contributed by atoms with E-state index >= 15 is 0 Å². The van der Waals surface area contributed by atoms with Gasteiger partial charge in [-0.05, 0) is 49.6 Å². The minimum atomic E-state index is -3.49. The van der Waals surface area contributed by atoms with Crippen LogP contribution in [0.4, 0.5) is 5.69 Å². The van der Waals surface area contributed by atoms with Crippen molar-refractivity contribution < 1.29 is 13.2 Å². The molecule has 1 aliphatic rings. The Morgan fingerprint density at radius 1 is 1.00 bits per heavy atom. The number of sulfonamides is 1. The highest BCUT2D eigenvalue weighted by Crippen LogP contribution is 2.25. The van der Waals surface area contributed by atoms with Gasteiger partial charge in [0.1, 0.15) is 0 Å². The molecule has 162 valence electrons. The lowest BCUT2D eigenvalue weighted by Crippen LogP contribution is -2.44. The second-order valence-corrected chi connectivity index (χ2v) is 9.84. The number of hydrogen-bond donors (Lipinski definition) is 0. The molecule has 2 aromatic carbocycles. The molecule has 2 aromatic rings. The molecule has 0 aliphatic carbocycles. The first-order valence-corrected chi connectivity index (χ1v) is 11.9. The smallest absolute Gasteiger partial charge is 0.243 e. The zero-order chi connectivity index (χ0) is 21.7. The second-order valence-electron chi connectivity index (χ2n) is 7.90. The molecule has 3 rings (SSSR count). The van der Waals surface area contributed by atoms with Gasteiger partial charge in [0.25, 0.3) is 0 Å². The van der Waals surface area contributed by atoms with Crippen LogP contribution in [-0.4, -0.2) is 57.3 Å². The zero-order valence-electron chi connectivity index (χ0n) is 18.0. The predicted molar refractivity (Wildman–Crippen MR) is 120 cm³/mol. The number of carbonyl (C=O) groups is 1. The number of carbonyl (C=O) groups excluding carboxylic acids is 1. The first-order valence-electron chi connectivity index (χ1n) is 10.4. The lowest BCUT2D eigenvalue weighted by atomic mass is 9.96. The van der Waals surface area contributed by atoms with Gasteiger partial charge in [-0.25, -0.2) is 8.42 Å². The van der Waals surface area contributed by atoms with Crippen LogP contribution in [0.5, 0.6) is 0 Å². The molecule has 30 heavy (non-hydrogen) atoms. The monoisotopic (exact) mass is 429 g/mol. The lowest BCUT2D eigenvalue weighted by Gasteiger charge is -2.33. The molecule has 1 aliphatic heterocycles. The van der Waals surface area contributed by atoms with Gasteiger partial charge in [0.15, 0.2) is 0 Å². The maximum Gasteiger partial charge on any atom is 0.243 e. The third-order valence-electron chi connectivity index (χ3n) is 5.70. The summed E-state index contributed by atoms with van der Waals surface area (Å²) in [5, 5.41) is 0. The number of hydrogen-bond acceptors (Lipinski definition) is 4. The van der Waals surface area contributed by atoms with Crippen molar-refractivity contribution in [3.8, 4) is 0 Å². The molecule has 1 amide bonds. The van der Waals surface area contributed by atoms with Crippen LogP contribution in [0, 0.1) is 5.92 Å². The Bertz CT molecular complexity index is 935. The van der Waals surface area contributed by atoms with Crippen molar-refractivity contribution in [3.05, 3.63) is 60.2 Å². The Morgan fingerprint density at radius 2 is 1.60 bits per heavy atom. The molecule has 0 atom stereocenters. The summed E-state index contributed by atoms with van der Waals surface area (Å²) in [6, 6.07) is 16.7. The van der Waals surface area contributed by atoms with E-state index in [0.29, 0.717) is 43.9 Å². The molecular formula is C23H31N3O3S. The van der Waals surface area contributed by atoms with Gasteiger partial charge in [-0.3, -0.25) is 4.79 Å². The molecule has 0 saturated carbocycles. The van der Waals surface area contributed by atoms with Crippen molar-refractivity contribution in [2.45, 2.75) is 31.2 Å². The highest BCUT2D eigenvalue weighted by atomic mass is 32.2. The van der Waals surface area contributed by atoms with Crippen LogP contribution in [0.2, 0.25) is 0 Å². The summed E-state index contributed by atoms with van der Waals surface area (Å²) in [5.74, 6) is -0.0147. The van der Waals surface area contributed by atoms with Crippen LogP contribution in [0.1, 0.15) is 25.3 Å². The van der Waals surface area contributed by atoms with Gasteiger partial charge in [-0.1, -0.05) is 30.3 Å². The Morgan fingerprint density at radius 3 is 2.13 bits per heavy atom. The SMILES string of the molecule is CCN(Cc1ccc(N(C)C)cc1)C(=O)C1CCN(S(=O)(=O)c2ccccc2)CC1. The summed E-state index contributed by atoms with van der Waals surface area (Å²) < 4.78 is 27.1. The van der Waals surface area contributed by atoms with Gasteiger partial charge in [0.05, 0.1) is 4.90 Å². The molecule has 0 aromatic heterocycles. The Labute approximate surface area is 180 Å². The van der Waals surface area contributed by atoms with E-state index in [4.69, 9.17) is 0 Å². The van der Waals surface area contributed by atoms with Crippen molar-refractivity contribution >= 4 is 21.6 Å². The zero-order valence-corrected chi connectivity index (χ0v) is 18.8. The van der Waals surface area contributed by atoms with Gasteiger partial charge in [-0.2, -0.15) is 4.31 Å². The summed E-state index contributed by atoms with van der Waals surface area (Å²) in [6.07, 6.45) is 1.11. The predicted octanol–water partition coefficient (Wildman–Crippen LogP) is 3.20. The molecule has 1 fully saturated rings. The van der Waals surface area contributed by atoms with E-state index in [-0.39, 0.29) is 11.8 Å². The first-order chi connectivity index (χ1) is 14.3. The van der Waals surface area contributed by atoms with Crippen molar-refractivity contribution in [3.63, 3.8) is 0 Å². The molecule has 0 spiro atoms. The summed E-state index contributed by atoms with van der Waals surface area (Å²) in [6.45, 7) is 3.95. The fraction of sp³-hybridized carbons (Fsp3) is 0.435. The standard InChI is InChI=1S/C23H31N3O3S/c1-4-25(18-19-10-12-21(13-11-19)24(2)3)23(27)20-14-16-26(17-15-20)30(28,29)22-8-6-5-7-9-22/h5-13,20H,4,14-18H2,1-3H3.